The summed E-state index contributed by atoms with van der Waals surface area (Å²) in [6, 6.07) is 7.68. The molecule has 0 radical (unpaired) electrons. The fourth-order valence-corrected chi connectivity index (χ4v) is 3.53. The lowest BCUT2D eigenvalue weighted by molar-refractivity contribution is 0.420. The highest BCUT2D eigenvalue weighted by Crippen LogP contribution is 2.19. The second-order valence-corrected chi connectivity index (χ2v) is 8.69. The van der Waals surface area contributed by atoms with Crippen LogP contribution in [0.15, 0.2) is 28.7 Å². The molecule has 1 rings (SSSR count). The molecule has 102 valence electrons. The molecule has 0 bridgehead atoms. The highest BCUT2D eigenvalue weighted by Gasteiger charge is 2.25. The van der Waals surface area contributed by atoms with E-state index in [1.54, 1.807) is 7.05 Å². The average Bonchev–Trinajstić information content (AvgIpc) is 2.17. The third-order valence-electron chi connectivity index (χ3n) is 2.41. The zero-order valence-corrected chi connectivity index (χ0v) is 13.7. The van der Waals surface area contributed by atoms with E-state index in [0.29, 0.717) is 6.54 Å². The Kier molecular flexibility index (Phi) is 4.98. The van der Waals surface area contributed by atoms with E-state index in [-0.39, 0.29) is 11.2 Å². The van der Waals surface area contributed by atoms with Crippen LogP contribution in [0.4, 0.5) is 0 Å². The van der Waals surface area contributed by atoms with Crippen LogP contribution in [-0.4, -0.2) is 25.5 Å². The Hall–Kier alpha value is -0.390. The van der Waals surface area contributed by atoms with Gasteiger partial charge in [0.05, 0.1) is 5.75 Å². The van der Waals surface area contributed by atoms with Gasteiger partial charge in [0.15, 0.2) is 0 Å². The highest BCUT2D eigenvalue weighted by molar-refractivity contribution is 9.10. The second-order valence-electron chi connectivity index (χ2n) is 5.70. The largest absolute Gasteiger partial charge is 0.214 e. The van der Waals surface area contributed by atoms with Crippen molar-refractivity contribution in [1.29, 1.82) is 0 Å². The van der Waals surface area contributed by atoms with Gasteiger partial charge in [-0.05, 0) is 23.1 Å². The third kappa shape index (κ3) is 5.08. The average molecular weight is 334 g/mol. The van der Waals surface area contributed by atoms with Gasteiger partial charge >= 0.3 is 0 Å². The monoisotopic (exact) mass is 333 g/mol. The summed E-state index contributed by atoms with van der Waals surface area (Å²) >= 11 is 3.36. The van der Waals surface area contributed by atoms with Crippen molar-refractivity contribution >= 4 is 26.0 Å². The van der Waals surface area contributed by atoms with Gasteiger partial charge in [-0.1, -0.05) is 48.8 Å². The van der Waals surface area contributed by atoms with Gasteiger partial charge in [-0.25, -0.2) is 12.7 Å². The van der Waals surface area contributed by atoms with Gasteiger partial charge in [-0.15, -0.1) is 0 Å². The van der Waals surface area contributed by atoms with E-state index in [4.69, 9.17) is 0 Å². The first-order chi connectivity index (χ1) is 8.10. The minimum Gasteiger partial charge on any atom is -0.212 e. The Morgan fingerprint density at radius 3 is 2.11 bits per heavy atom. The number of rotatable bonds is 4. The molecule has 0 aromatic heterocycles. The maximum atomic E-state index is 12.1. The van der Waals surface area contributed by atoms with Crippen molar-refractivity contribution in [3.8, 4) is 0 Å². The summed E-state index contributed by atoms with van der Waals surface area (Å²) in [5.41, 5.74) is 0.755. The quantitative estimate of drug-likeness (QED) is 0.848. The van der Waals surface area contributed by atoms with Crippen molar-refractivity contribution in [1.82, 2.24) is 4.31 Å². The Labute approximate surface area is 118 Å². The molecule has 0 spiro atoms. The van der Waals surface area contributed by atoms with Crippen molar-refractivity contribution in [2.24, 2.45) is 5.41 Å². The zero-order valence-electron chi connectivity index (χ0n) is 11.3. The van der Waals surface area contributed by atoms with E-state index in [1.807, 2.05) is 45.0 Å². The molecule has 3 nitrogen and oxygen atoms in total. The fourth-order valence-electron chi connectivity index (χ4n) is 1.60. The van der Waals surface area contributed by atoms with Gasteiger partial charge in [0, 0.05) is 18.1 Å². The molecule has 0 aliphatic carbocycles. The van der Waals surface area contributed by atoms with E-state index < -0.39 is 10.0 Å². The summed E-state index contributed by atoms with van der Waals surface area (Å²) in [6.45, 7) is 6.19. The lowest BCUT2D eigenvalue weighted by Crippen LogP contribution is -2.33. The number of hydrogen-bond acceptors (Lipinski definition) is 2. The molecule has 1 aromatic carbocycles. The predicted octanol–water partition coefficient (Wildman–Crippen LogP) is 3.26. The second kappa shape index (κ2) is 5.72. The summed E-state index contributed by atoms with van der Waals surface area (Å²) < 4.78 is 26.7. The molecule has 18 heavy (non-hydrogen) atoms. The van der Waals surface area contributed by atoms with Crippen molar-refractivity contribution < 1.29 is 8.42 Å². The van der Waals surface area contributed by atoms with Crippen molar-refractivity contribution in [3.05, 3.63) is 34.3 Å². The molecule has 0 heterocycles. The maximum absolute atomic E-state index is 12.1. The Morgan fingerprint density at radius 1 is 1.17 bits per heavy atom. The van der Waals surface area contributed by atoms with E-state index in [2.05, 4.69) is 15.9 Å². The van der Waals surface area contributed by atoms with Crippen molar-refractivity contribution in [3.63, 3.8) is 0 Å². The number of benzene rings is 1. The topological polar surface area (TPSA) is 37.4 Å². The van der Waals surface area contributed by atoms with Crippen LogP contribution in [-0.2, 0) is 16.6 Å². The first-order valence-corrected chi connectivity index (χ1v) is 8.19. The lowest BCUT2D eigenvalue weighted by atomic mass is 10.0. The van der Waals surface area contributed by atoms with E-state index in [1.165, 1.54) is 4.31 Å². The van der Waals surface area contributed by atoms with Crippen LogP contribution in [0.1, 0.15) is 26.3 Å². The van der Waals surface area contributed by atoms with Crippen LogP contribution in [0.5, 0.6) is 0 Å². The molecule has 0 aliphatic heterocycles. The molecule has 0 saturated carbocycles. The van der Waals surface area contributed by atoms with Gasteiger partial charge in [0.25, 0.3) is 0 Å². The molecule has 0 unspecified atom stereocenters. The lowest BCUT2D eigenvalue weighted by Gasteiger charge is -2.23. The van der Waals surface area contributed by atoms with Gasteiger partial charge in [-0.2, -0.15) is 0 Å². The summed E-state index contributed by atoms with van der Waals surface area (Å²) in [6.07, 6.45) is 0. The molecular weight excluding hydrogens is 314 g/mol. The Bertz CT molecular complexity index is 489. The highest BCUT2D eigenvalue weighted by atomic mass is 79.9. The van der Waals surface area contributed by atoms with Crippen molar-refractivity contribution in [2.75, 3.05) is 12.8 Å². The standard InChI is InChI=1S/C13H20BrNO2S/c1-13(2,3)10-18(16,17)15(4)9-11-5-7-12(14)8-6-11/h5-8H,9-10H2,1-4H3. The van der Waals surface area contributed by atoms with Crippen LogP contribution in [0.2, 0.25) is 0 Å². The summed E-state index contributed by atoms with van der Waals surface area (Å²) in [7, 11) is -1.58. The first-order valence-electron chi connectivity index (χ1n) is 5.79. The number of hydrogen-bond donors (Lipinski definition) is 0. The van der Waals surface area contributed by atoms with Gasteiger partial charge < -0.3 is 0 Å². The first kappa shape index (κ1) is 15.7. The molecule has 0 fully saturated rings. The van der Waals surface area contributed by atoms with Crippen LogP contribution < -0.4 is 0 Å². The summed E-state index contributed by atoms with van der Waals surface area (Å²) in [4.78, 5) is 0. The molecule has 0 N–H and O–H groups in total. The van der Waals surface area contributed by atoms with Gasteiger partial charge in [0.2, 0.25) is 10.0 Å². The van der Waals surface area contributed by atoms with Crippen LogP contribution in [0, 0.1) is 5.41 Å². The number of sulfonamides is 1. The smallest absolute Gasteiger partial charge is 0.212 e. The normalized spacial score (nSPS) is 13.0. The van der Waals surface area contributed by atoms with Gasteiger partial charge in [-0.3, -0.25) is 0 Å². The van der Waals surface area contributed by atoms with E-state index in [0.717, 1.165) is 10.0 Å². The molecule has 0 aliphatic rings. The fraction of sp³-hybridized carbons (Fsp3) is 0.538. The van der Waals surface area contributed by atoms with E-state index >= 15 is 0 Å². The van der Waals surface area contributed by atoms with Crippen LogP contribution in [0.3, 0.4) is 0 Å². The van der Waals surface area contributed by atoms with E-state index in [9.17, 15) is 8.42 Å². The molecule has 0 saturated heterocycles. The molecule has 1 aromatic rings. The van der Waals surface area contributed by atoms with Crippen LogP contribution >= 0.6 is 15.9 Å². The van der Waals surface area contributed by atoms with Crippen molar-refractivity contribution in [2.45, 2.75) is 27.3 Å². The summed E-state index contributed by atoms with van der Waals surface area (Å²) in [5, 5.41) is 0. The molecule has 5 heteroatoms. The molecule has 0 atom stereocenters. The number of nitrogens with zero attached hydrogens (tertiary/aromatic N) is 1. The van der Waals surface area contributed by atoms with Crippen LogP contribution in [0.25, 0.3) is 0 Å². The zero-order chi connectivity index (χ0) is 14.0. The van der Waals surface area contributed by atoms with Gasteiger partial charge in [0.1, 0.15) is 0 Å². The number of halogens is 1. The minimum atomic E-state index is -3.20. The Balaban J connectivity index is 2.76. The summed E-state index contributed by atoms with van der Waals surface area (Å²) in [5.74, 6) is 0.160. The maximum Gasteiger partial charge on any atom is 0.214 e. The minimum absolute atomic E-state index is 0.160. The predicted molar refractivity (Wildman–Crippen MR) is 78.9 cm³/mol. The SMILES string of the molecule is CN(Cc1ccc(Br)cc1)S(=O)(=O)CC(C)(C)C. The third-order valence-corrected chi connectivity index (χ3v) is 5.25. The molecule has 0 amide bonds. The Morgan fingerprint density at radius 2 is 1.67 bits per heavy atom. The molecular formula is C13H20BrNO2S.